The first-order valence-corrected chi connectivity index (χ1v) is 8.28. The summed E-state index contributed by atoms with van der Waals surface area (Å²) in [6.45, 7) is 1.72. The summed E-state index contributed by atoms with van der Waals surface area (Å²) in [5.74, 6) is -0.605. The van der Waals surface area contributed by atoms with Gasteiger partial charge in [0.15, 0.2) is 10.9 Å². The SMILES string of the molecule is COC(=O)Cc1cc(=O)[nH]c(S[C@H](C)C(=O)c2ccc(Cl)cc2)n1. The standard InChI is InChI=1S/C16H15ClN2O4S/c1-9(15(22)10-3-5-11(17)6-4-10)24-16-18-12(7-13(20)19-16)8-14(21)23-2/h3-7,9H,8H2,1-2H3,(H,18,19,20)/t9-/m1/s1. The summed E-state index contributed by atoms with van der Waals surface area (Å²) < 4.78 is 4.56. The second-order valence-electron chi connectivity index (χ2n) is 4.93. The third kappa shape index (κ3) is 4.94. The van der Waals surface area contributed by atoms with Gasteiger partial charge in [0.1, 0.15) is 0 Å². The number of aromatic nitrogens is 2. The smallest absolute Gasteiger partial charge is 0.311 e. The molecule has 0 saturated carbocycles. The van der Waals surface area contributed by atoms with Gasteiger partial charge in [-0.3, -0.25) is 14.4 Å². The third-order valence-corrected chi connectivity index (χ3v) is 4.35. The lowest BCUT2D eigenvalue weighted by atomic mass is 10.1. The number of methoxy groups -OCH3 is 1. The highest BCUT2D eigenvalue weighted by molar-refractivity contribution is 8.00. The van der Waals surface area contributed by atoms with Crippen LogP contribution in [-0.2, 0) is 16.0 Å². The van der Waals surface area contributed by atoms with Crippen LogP contribution in [0.5, 0.6) is 0 Å². The average molecular weight is 367 g/mol. The molecule has 0 unspecified atom stereocenters. The fourth-order valence-electron chi connectivity index (χ4n) is 1.92. The maximum absolute atomic E-state index is 12.4. The number of nitrogens with zero attached hydrogens (tertiary/aromatic N) is 1. The number of benzene rings is 1. The maximum atomic E-state index is 12.4. The van der Waals surface area contributed by atoms with Crippen LogP contribution in [0.25, 0.3) is 0 Å². The largest absolute Gasteiger partial charge is 0.469 e. The Morgan fingerprint density at radius 2 is 2.00 bits per heavy atom. The van der Waals surface area contributed by atoms with Crippen molar-refractivity contribution in [3.63, 3.8) is 0 Å². The fraction of sp³-hybridized carbons (Fsp3) is 0.250. The molecule has 1 N–H and O–H groups in total. The van der Waals surface area contributed by atoms with Crippen LogP contribution < -0.4 is 5.56 Å². The van der Waals surface area contributed by atoms with Crippen LogP contribution in [0.4, 0.5) is 0 Å². The molecule has 0 radical (unpaired) electrons. The lowest BCUT2D eigenvalue weighted by molar-refractivity contribution is -0.139. The van der Waals surface area contributed by atoms with E-state index < -0.39 is 16.8 Å². The Kier molecular flexibility index (Phi) is 6.16. The number of carbonyl (C=O) groups is 2. The van der Waals surface area contributed by atoms with Crippen LogP contribution in [0.15, 0.2) is 40.3 Å². The molecule has 2 aromatic rings. The van der Waals surface area contributed by atoms with E-state index in [1.54, 1.807) is 31.2 Å². The summed E-state index contributed by atoms with van der Waals surface area (Å²) in [6.07, 6.45) is -0.104. The molecule has 1 atom stereocenters. The van der Waals surface area contributed by atoms with Crippen LogP contribution in [0.2, 0.25) is 5.02 Å². The first-order chi connectivity index (χ1) is 11.4. The molecule has 126 valence electrons. The van der Waals surface area contributed by atoms with Crippen LogP contribution in [0.1, 0.15) is 23.0 Å². The van der Waals surface area contributed by atoms with E-state index in [9.17, 15) is 14.4 Å². The van der Waals surface area contributed by atoms with Crippen molar-refractivity contribution in [1.29, 1.82) is 0 Å². The monoisotopic (exact) mass is 366 g/mol. The second kappa shape index (κ2) is 8.12. The van der Waals surface area contributed by atoms with Gasteiger partial charge < -0.3 is 9.72 Å². The van der Waals surface area contributed by atoms with Crippen molar-refractivity contribution < 1.29 is 14.3 Å². The summed E-state index contributed by atoms with van der Waals surface area (Å²) in [4.78, 5) is 42.1. The Morgan fingerprint density at radius 1 is 1.33 bits per heavy atom. The van der Waals surface area contributed by atoms with Gasteiger partial charge in [-0.15, -0.1) is 0 Å². The molecule has 0 spiro atoms. The minimum Gasteiger partial charge on any atom is -0.469 e. The number of thioether (sulfide) groups is 1. The predicted molar refractivity (Wildman–Crippen MR) is 91.7 cm³/mol. The molecule has 0 fully saturated rings. The van der Waals surface area contributed by atoms with Gasteiger partial charge in [0.25, 0.3) is 5.56 Å². The Morgan fingerprint density at radius 3 is 2.62 bits per heavy atom. The lowest BCUT2D eigenvalue weighted by Gasteiger charge is -2.10. The molecule has 0 amide bonds. The number of aromatic amines is 1. The number of nitrogens with one attached hydrogen (secondary N) is 1. The van der Waals surface area contributed by atoms with E-state index in [-0.39, 0.29) is 17.4 Å². The second-order valence-corrected chi connectivity index (χ2v) is 6.69. The molecule has 8 heteroatoms. The number of carbonyl (C=O) groups excluding carboxylic acids is 2. The predicted octanol–water partition coefficient (Wildman–Crippen LogP) is 2.50. The molecule has 1 aromatic heterocycles. The van der Waals surface area contributed by atoms with E-state index in [2.05, 4.69) is 14.7 Å². The number of hydrogen-bond acceptors (Lipinski definition) is 6. The summed E-state index contributed by atoms with van der Waals surface area (Å²) >= 11 is 6.92. The Hall–Kier alpha value is -2.12. The number of H-pyrrole nitrogens is 1. The zero-order chi connectivity index (χ0) is 17.7. The van der Waals surface area contributed by atoms with Crippen molar-refractivity contribution in [2.45, 2.75) is 23.8 Å². The number of rotatable bonds is 6. The molecule has 1 aromatic carbocycles. The van der Waals surface area contributed by atoms with Crippen molar-refractivity contribution in [1.82, 2.24) is 9.97 Å². The number of esters is 1. The van der Waals surface area contributed by atoms with Crippen LogP contribution in [0, 0.1) is 0 Å². The van der Waals surface area contributed by atoms with Gasteiger partial charge >= 0.3 is 5.97 Å². The molecule has 0 saturated heterocycles. The highest BCUT2D eigenvalue weighted by Crippen LogP contribution is 2.22. The zero-order valence-corrected chi connectivity index (χ0v) is 14.6. The summed E-state index contributed by atoms with van der Waals surface area (Å²) in [7, 11) is 1.26. The van der Waals surface area contributed by atoms with Gasteiger partial charge in [-0.25, -0.2) is 4.98 Å². The quantitative estimate of drug-likeness (QED) is 0.365. The highest BCUT2D eigenvalue weighted by atomic mass is 35.5. The highest BCUT2D eigenvalue weighted by Gasteiger charge is 2.18. The number of ketones is 1. The molecule has 2 rings (SSSR count). The van der Waals surface area contributed by atoms with E-state index in [1.165, 1.54) is 13.2 Å². The zero-order valence-electron chi connectivity index (χ0n) is 13.0. The van der Waals surface area contributed by atoms with E-state index in [4.69, 9.17) is 11.6 Å². The lowest BCUT2D eigenvalue weighted by Crippen LogP contribution is -2.17. The Bertz CT molecular complexity index is 804. The minimum absolute atomic E-state index is 0.104. The van der Waals surface area contributed by atoms with E-state index in [0.29, 0.717) is 16.3 Å². The number of Topliss-reactive ketones (excluding diaryl/α,β-unsaturated/α-hetero) is 1. The Labute approximate surface area is 147 Å². The first-order valence-electron chi connectivity index (χ1n) is 7.02. The average Bonchev–Trinajstić information content (AvgIpc) is 2.54. The van der Waals surface area contributed by atoms with Crippen molar-refractivity contribution in [2.75, 3.05) is 7.11 Å². The molecule has 6 nitrogen and oxygen atoms in total. The van der Waals surface area contributed by atoms with E-state index in [0.717, 1.165) is 11.8 Å². The fourth-order valence-corrected chi connectivity index (χ4v) is 2.95. The third-order valence-electron chi connectivity index (χ3n) is 3.11. The molecular weight excluding hydrogens is 352 g/mol. The van der Waals surface area contributed by atoms with E-state index >= 15 is 0 Å². The van der Waals surface area contributed by atoms with Gasteiger partial charge in [0.2, 0.25) is 0 Å². The number of halogens is 1. The Balaban J connectivity index is 2.14. The molecule has 0 aliphatic heterocycles. The molecule has 0 bridgehead atoms. The molecule has 24 heavy (non-hydrogen) atoms. The van der Waals surface area contributed by atoms with Crippen LogP contribution in [-0.4, -0.2) is 34.1 Å². The van der Waals surface area contributed by atoms with Crippen molar-refractivity contribution in [3.05, 3.63) is 57.0 Å². The normalized spacial score (nSPS) is 11.8. The van der Waals surface area contributed by atoms with E-state index in [1.807, 2.05) is 0 Å². The summed E-state index contributed by atoms with van der Waals surface area (Å²) in [5, 5.41) is 0.354. The van der Waals surface area contributed by atoms with Gasteiger partial charge in [-0.05, 0) is 31.2 Å². The summed E-state index contributed by atoms with van der Waals surface area (Å²) in [5.41, 5.74) is 0.421. The molecule has 0 aliphatic carbocycles. The van der Waals surface area contributed by atoms with Gasteiger partial charge in [-0.2, -0.15) is 0 Å². The number of hydrogen-bond donors (Lipinski definition) is 1. The van der Waals surface area contributed by atoms with Crippen LogP contribution >= 0.6 is 23.4 Å². The number of ether oxygens (including phenoxy) is 1. The topological polar surface area (TPSA) is 89.1 Å². The van der Waals surface area contributed by atoms with Gasteiger partial charge in [0, 0.05) is 16.7 Å². The van der Waals surface area contributed by atoms with Crippen molar-refractivity contribution in [3.8, 4) is 0 Å². The minimum atomic E-state index is -0.491. The van der Waals surface area contributed by atoms with Crippen LogP contribution in [0.3, 0.4) is 0 Å². The van der Waals surface area contributed by atoms with Gasteiger partial charge in [-0.1, -0.05) is 23.4 Å². The maximum Gasteiger partial charge on any atom is 0.311 e. The first kappa shape index (κ1) is 18.2. The van der Waals surface area contributed by atoms with Crippen molar-refractivity contribution >= 4 is 35.1 Å². The molecule has 1 heterocycles. The molecular formula is C16H15ClN2O4S. The van der Waals surface area contributed by atoms with Gasteiger partial charge in [0.05, 0.1) is 24.5 Å². The summed E-state index contributed by atoms with van der Waals surface area (Å²) in [6, 6.07) is 7.80. The molecule has 0 aliphatic rings. The van der Waals surface area contributed by atoms with Crippen molar-refractivity contribution in [2.24, 2.45) is 0 Å².